The second-order valence-corrected chi connectivity index (χ2v) is 1.95. The van der Waals surface area contributed by atoms with E-state index in [9.17, 15) is 4.79 Å². The van der Waals surface area contributed by atoms with Crippen LogP contribution >= 0.6 is 0 Å². The van der Waals surface area contributed by atoms with Gasteiger partial charge in [-0.25, -0.2) is 4.79 Å². The highest BCUT2D eigenvalue weighted by molar-refractivity contribution is 5.85. The van der Waals surface area contributed by atoms with E-state index in [0.29, 0.717) is 0 Å². The Labute approximate surface area is 57.5 Å². The molecule has 5 heteroatoms. The normalized spacial score (nSPS) is 19.5. The molecule has 0 aromatic heterocycles. The summed E-state index contributed by atoms with van der Waals surface area (Å²) in [5.74, 6) is -0.992. The number of aliphatic carboxylic acids is 1. The molecule has 5 nitrogen and oxygen atoms in total. The third-order valence-electron chi connectivity index (χ3n) is 1.19. The quantitative estimate of drug-likeness (QED) is 0.449. The van der Waals surface area contributed by atoms with E-state index in [1.165, 1.54) is 6.08 Å². The summed E-state index contributed by atoms with van der Waals surface area (Å²) < 4.78 is 0. The van der Waals surface area contributed by atoms with E-state index < -0.39 is 5.97 Å². The van der Waals surface area contributed by atoms with Gasteiger partial charge in [-0.05, 0) is 6.08 Å². The minimum absolute atomic E-state index is 0.144. The van der Waals surface area contributed by atoms with Gasteiger partial charge in [0.25, 0.3) is 0 Å². The molecule has 0 unspecified atom stereocenters. The maximum atomic E-state index is 10.2. The Morgan fingerprint density at radius 2 is 2.50 bits per heavy atom. The van der Waals surface area contributed by atoms with Crippen molar-refractivity contribution in [3.05, 3.63) is 11.8 Å². The van der Waals surface area contributed by atoms with Crippen LogP contribution in [0.15, 0.2) is 11.8 Å². The van der Waals surface area contributed by atoms with Crippen molar-refractivity contribution in [2.45, 2.75) is 0 Å². The van der Waals surface area contributed by atoms with Crippen molar-refractivity contribution in [3.63, 3.8) is 0 Å². The smallest absolute Gasteiger partial charge is 0.351 e. The van der Waals surface area contributed by atoms with Crippen LogP contribution in [0.3, 0.4) is 0 Å². The van der Waals surface area contributed by atoms with Crippen LogP contribution < -0.4 is 5.32 Å². The lowest BCUT2D eigenvalue weighted by atomic mass is 10.3. The van der Waals surface area contributed by atoms with Crippen LogP contribution in [-0.4, -0.2) is 34.6 Å². The number of rotatable bonds is 1. The summed E-state index contributed by atoms with van der Waals surface area (Å²) in [4.78, 5) is 10.2. The van der Waals surface area contributed by atoms with Gasteiger partial charge in [-0.15, -0.1) is 0 Å². The number of hydrogen-bond acceptors (Lipinski definition) is 4. The minimum atomic E-state index is -0.992. The fourth-order valence-electron chi connectivity index (χ4n) is 0.673. The second kappa shape index (κ2) is 2.68. The molecule has 1 heterocycles. The van der Waals surface area contributed by atoms with Gasteiger partial charge in [-0.2, -0.15) is 5.06 Å². The largest absolute Gasteiger partial charge is 0.477 e. The molecule has 0 aliphatic carbocycles. The Bertz CT molecular complexity index is 178. The summed E-state index contributed by atoms with van der Waals surface area (Å²) >= 11 is 0. The molecular weight excluding hydrogens is 136 g/mol. The Kier molecular flexibility index (Phi) is 1.88. The number of carboxylic acids is 1. The summed E-state index contributed by atoms with van der Waals surface area (Å²) in [5, 5.41) is 20.6. The number of hydrogen-bond donors (Lipinski definition) is 3. The lowest BCUT2D eigenvalue weighted by Gasteiger charge is -2.19. The first-order valence-corrected chi connectivity index (χ1v) is 2.81. The van der Waals surface area contributed by atoms with E-state index in [1.54, 1.807) is 0 Å². The molecule has 0 bridgehead atoms. The number of carboxylic acid groups (broad SMARTS) is 1. The molecule has 0 radical (unpaired) electrons. The number of carbonyl (C=O) groups is 1. The standard InChI is InChI=1S/C5H8N2O3/c8-5(9)4-1-2-7(10)3-6-4/h1,6,10H,2-3H2,(H,8,9). The molecule has 1 rings (SSSR count). The van der Waals surface area contributed by atoms with Gasteiger partial charge in [-0.1, -0.05) is 0 Å². The van der Waals surface area contributed by atoms with Gasteiger partial charge in [0.15, 0.2) is 0 Å². The summed E-state index contributed by atoms with van der Waals surface area (Å²) in [6.45, 7) is 0.423. The Morgan fingerprint density at radius 3 is 2.90 bits per heavy atom. The molecule has 1 aliphatic rings. The summed E-state index contributed by atoms with van der Waals surface area (Å²) in [7, 11) is 0. The first-order chi connectivity index (χ1) is 4.70. The average molecular weight is 144 g/mol. The van der Waals surface area contributed by atoms with E-state index in [-0.39, 0.29) is 18.9 Å². The predicted molar refractivity (Wildman–Crippen MR) is 32.2 cm³/mol. The Hall–Kier alpha value is -1.07. The molecule has 56 valence electrons. The number of hydroxylamine groups is 2. The molecule has 0 atom stereocenters. The summed E-state index contributed by atoms with van der Waals surface area (Å²) in [5.41, 5.74) is 0.144. The first-order valence-electron chi connectivity index (χ1n) is 2.81. The molecule has 10 heavy (non-hydrogen) atoms. The van der Waals surface area contributed by atoms with Crippen LogP contribution in [0.1, 0.15) is 0 Å². The summed E-state index contributed by atoms with van der Waals surface area (Å²) in [6.07, 6.45) is 1.41. The fraction of sp³-hybridized carbons (Fsp3) is 0.400. The van der Waals surface area contributed by atoms with Gasteiger partial charge < -0.3 is 15.6 Å². The third-order valence-corrected chi connectivity index (χ3v) is 1.19. The van der Waals surface area contributed by atoms with E-state index in [1.807, 2.05) is 0 Å². The average Bonchev–Trinajstić information content (AvgIpc) is 1.88. The van der Waals surface area contributed by atoms with Crippen LogP contribution in [0.25, 0.3) is 0 Å². The predicted octanol–water partition coefficient (Wildman–Crippen LogP) is -0.793. The van der Waals surface area contributed by atoms with Crippen molar-refractivity contribution in [1.82, 2.24) is 10.4 Å². The third kappa shape index (κ3) is 1.46. The fourth-order valence-corrected chi connectivity index (χ4v) is 0.673. The maximum Gasteiger partial charge on any atom is 0.351 e. The molecule has 0 amide bonds. The van der Waals surface area contributed by atoms with E-state index in [0.717, 1.165) is 5.06 Å². The van der Waals surface area contributed by atoms with Gasteiger partial charge in [0.1, 0.15) is 5.70 Å². The van der Waals surface area contributed by atoms with Crippen molar-refractivity contribution < 1.29 is 15.1 Å². The van der Waals surface area contributed by atoms with E-state index >= 15 is 0 Å². The van der Waals surface area contributed by atoms with Crippen LogP contribution in [0.2, 0.25) is 0 Å². The van der Waals surface area contributed by atoms with Gasteiger partial charge >= 0.3 is 5.97 Å². The van der Waals surface area contributed by atoms with Crippen LogP contribution in [0.4, 0.5) is 0 Å². The highest BCUT2D eigenvalue weighted by atomic mass is 16.5. The van der Waals surface area contributed by atoms with Crippen molar-refractivity contribution in [1.29, 1.82) is 0 Å². The number of nitrogens with one attached hydrogen (secondary N) is 1. The van der Waals surface area contributed by atoms with Gasteiger partial charge in [0.2, 0.25) is 0 Å². The monoisotopic (exact) mass is 144 g/mol. The highest BCUT2D eigenvalue weighted by Crippen LogP contribution is 1.96. The van der Waals surface area contributed by atoms with Gasteiger partial charge in [-0.3, -0.25) is 0 Å². The summed E-state index contributed by atoms with van der Waals surface area (Å²) in [6, 6.07) is 0. The lowest BCUT2D eigenvalue weighted by molar-refractivity contribution is -0.134. The molecule has 0 saturated heterocycles. The van der Waals surface area contributed by atoms with Gasteiger partial charge in [0, 0.05) is 6.54 Å². The molecule has 3 N–H and O–H groups in total. The van der Waals surface area contributed by atoms with Crippen LogP contribution in [0, 0.1) is 0 Å². The van der Waals surface area contributed by atoms with Crippen molar-refractivity contribution in [3.8, 4) is 0 Å². The van der Waals surface area contributed by atoms with Crippen LogP contribution in [-0.2, 0) is 4.79 Å². The molecule has 0 spiro atoms. The van der Waals surface area contributed by atoms with E-state index in [4.69, 9.17) is 10.3 Å². The molecule has 0 aromatic rings. The molecule has 1 aliphatic heterocycles. The molecule has 0 fully saturated rings. The topological polar surface area (TPSA) is 72.8 Å². The maximum absolute atomic E-state index is 10.2. The van der Waals surface area contributed by atoms with Crippen molar-refractivity contribution >= 4 is 5.97 Å². The second-order valence-electron chi connectivity index (χ2n) is 1.95. The zero-order chi connectivity index (χ0) is 7.56. The van der Waals surface area contributed by atoms with Crippen LogP contribution in [0.5, 0.6) is 0 Å². The first kappa shape index (κ1) is 7.04. The Morgan fingerprint density at radius 1 is 1.80 bits per heavy atom. The minimum Gasteiger partial charge on any atom is -0.477 e. The highest BCUT2D eigenvalue weighted by Gasteiger charge is 2.12. The lowest BCUT2D eigenvalue weighted by Crippen LogP contribution is -2.38. The van der Waals surface area contributed by atoms with Crippen molar-refractivity contribution in [2.75, 3.05) is 13.2 Å². The zero-order valence-corrected chi connectivity index (χ0v) is 5.24. The molecule has 0 saturated carbocycles. The molecular formula is C5H8N2O3. The SMILES string of the molecule is O=C(O)C1=CCN(O)CN1. The zero-order valence-electron chi connectivity index (χ0n) is 5.24. The Balaban J connectivity index is 2.56. The molecule has 0 aromatic carbocycles. The van der Waals surface area contributed by atoms with Gasteiger partial charge in [0.05, 0.1) is 6.67 Å². The van der Waals surface area contributed by atoms with Crippen molar-refractivity contribution in [2.24, 2.45) is 0 Å². The van der Waals surface area contributed by atoms with E-state index in [2.05, 4.69) is 5.32 Å². The number of nitrogens with zero attached hydrogens (tertiary/aromatic N) is 1.